The van der Waals surface area contributed by atoms with Crippen LogP contribution < -0.4 is 10.2 Å². The standard InChI is InChI=1S/C17H13BrO6/c1-9(17(20)21-2)22-16-14(19)10-5-3-4-6-11(10)24-15(16)12-7-8-13(18)23-12/h3-9H,1-2H3. The molecule has 0 aliphatic rings. The van der Waals surface area contributed by atoms with Crippen molar-refractivity contribution in [1.82, 2.24) is 0 Å². The van der Waals surface area contributed by atoms with Crippen LogP contribution >= 0.6 is 15.9 Å². The summed E-state index contributed by atoms with van der Waals surface area (Å²) in [5, 5.41) is 0.346. The van der Waals surface area contributed by atoms with E-state index in [-0.39, 0.29) is 11.5 Å². The van der Waals surface area contributed by atoms with Gasteiger partial charge in [-0.2, -0.15) is 0 Å². The van der Waals surface area contributed by atoms with Crippen LogP contribution in [0.15, 0.2) is 54.7 Å². The minimum atomic E-state index is -0.976. The highest BCUT2D eigenvalue weighted by Gasteiger charge is 2.24. The number of esters is 1. The highest BCUT2D eigenvalue weighted by Crippen LogP contribution is 2.33. The average molecular weight is 393 g/mol. The van der Waals surface area contributed by atoms with Crippen molar-refractivity contribution in [2.24, 2.45) is 0 Å². The molecule has 0 aliphatic carbocycles. The van der Waals surface area contributed by atoms with Crippen LogP contribution in [0.2, 0.25) is 0 Å². The molecule has 124 valence electrons. The lowest BCUT2D eigenvalue weighted by atomic mass is 10.2. The second kappa shape index (κ2) is 6.52. The first-order valence-electron chi connectivity index (χ1n) is 7.07. The van der Waals surface area contributed by atoms with Gasteiger partial charge in [-0.15, -0.1) is 0 Å². The van der Waals surface area contributed by atoms with Gasteiger partial charge in [-0.3, -0.25) is 4.79 Å². The lowest BCUT2D eigenvalue weighted by molar-refractivity contribution is -0.147. The van der Waals surface area contributed by atoms with Gasteiger partial charge in [-0.05, 0) is 47.1 Å². The average Bonchev–Trinajstić information content (AvgIpc) is 3.02. The maximum absolute atomic E-state index is 12.8. The summed E-state index contributed by atoms with van der Waals surface area (Å²) in [6.45, 7) is 1.49. The molecule has 6 nitrogen and oxygen atoms in total. The molecule has 0 radical (unpaired) electrons. The number of methoxy groups -OCH3 is 1. The number of para-hydroxylation sites is 1. The molecule has 0 spiro atoms. The van der Waals surface area contributed by atoms with Crippen molar-refractivity contribution in [3.05, 3.63) is 51.3 Å². The van der Waals surface area contributed by atoms with E-state index in [1.165, 1.54) is 14.0 Å². The van der Waals surface area contributed by atoms with Crippen molar-refractivity contribution in [2.45, 2.75) is 13.0 Å². The second-order valence-corrected chi connectivity index (χ2v) is 5.75. The zero-order chi connectivity index (χ0) is 17.3. The number of hydrogen-bond acceptors (Lipinski definition) is 6. The molecule has 0 saturated carbocycles. The number of carbonyl (C=O) groups excluding carboxylic acids is 1. The maximum atomic E-state index is 12.8. The molecule has 1 unspecified atom stereocenters. The molecule has 2 heterocycles. The van der Waals surface area contributed by atoms with Gasteiger partial charge in [0, 0.05) is 0 Å². The van der Waals surface area contributed by atoms with Crippen molar-refractivity contribution < 1.29 is 23.1 Å². The highest BCUT2D eigenvalue weighted by molar-refractivity contribution is 9.10. The first-order chi connectivity index (χ1) is 11.5. The summed E-state index contributed by atoms with van der Waals surface area (Å²) in [7, 11) is 1.25. The first-order valence-corrected chi connectivity index (χ1v) is 7.86. The van der Waals surface area contributed by atoms with Crippen LogP contribution in [-0.4, -0.2) is 19.2 Å². The summed E-state index contributed by atoms with van der Waals surface area (Å²) in [6, 6.07) is 10.1. The van der Waals surface area contributed by atoms with E-state index in [1.54, 1.807) is 36.4 Å². The molecule has 3 rings (SSSR count). The number of furan rings is 1. The van der Waals surface area contributed by atoms with E-state index in [0.29, 0.717) is 21.4 Å². The summed E-state index contributed by atoms with van der Waals surface area (Å²) < 4.78 is 21.9. The Bertz CT molecular complexity index is 955. The Balaban J connectivity index is 2.22. The lowest BCUT2D eigenvalue weighted by Gasteiger charge is -2.14. The fraction of sp³-hybridized carbons (Fsp3) is 0.176. The van der Waals surface area contributed by atoms with Crippen LogP contribution in [0.25, 0.3) is 22.5 Å². The maximum Gasteiger partial charge on any atom is 0.346 e. The molecular formula is C17H13BrO6. The molecule has 1 aromatic carbocycles. The van der Waals surface area contributed by atoms with Gasteiger partial charge in [0.2, 0.25) is 16.9 Å². The van der Waals surface area contributed by atoms with Crippen molar-refractivity contribution in [3.8, 4) is 17.3 Å². The Kier molecular flexibility index (Phi) is 4.44. The number of fused-ring (bicyclic) bond motifs is 1. The van der Waals surface area contributed by atoms with E-state index >= 15 is 0 Å². The zero-order valence-electron chi connectivity index (χ0n) is 12.9. The van der Waals surface area contributed by atoms with Crippen LogP contribution in [0.1, 0.15) is 6.92 Å². The van der Waals surface area contributed by atoms with Gasteiger partial charge in [-0.1, -0.05) is 12.1 Å². The molecule has 0 bridgehead atoms. The minimum Gasteiger partial charge on any atom is -0.471 e. The quantitative estimate of drug-likeness (QED) is 0.629. The number of carbonyl (C=O) groups is 1. The molecule has 0 fully saturated rings. The van der Waals surface area contributed by atoms with E-state index in [0.717, 1.165) is 0 Å². The number of hydrogen-bond donors (Lipinski definition) is 0. The van der Waals surface area contributed by atoms with E-state index in [1.807, 2.05) is 0 Å². The summed E-state index contributed by atoms with van der Waals surface area (Å²) in [5.74, 6) is -0.292. The topological polar surface area (TPSA) is 78.9 Å². The fourth-order valence-electron chi connectivity index (χ4n) is 2.22. The number of ether oxygens (including phenoxy) is 2. The van der Waals surface area contributed by atoms with Crippen LogP contribution in [-0.2, 0) is 9.53 Å². The SMILES string of the molecule is COC(=O)C(C)Oc1c(-c2ccc(Br)o2)oc2ccccc2c1=O. The van der Waals surface area contributed by atoms with Crippen molar-refractivity contribution in [2.75, 3.05) is 7.11 Å². The predicted octanol–water partition coefficient (Wildman–Crippen LogP) is 3.76. The van der Waals surface area contributed by atoms with Gasteiger partial charge in [-0.25, -0.2) is 4.79 Å². The first kappa shape index (κ1) is 16.3. The Morgan fingerprint density at radius 3 is 2.58 bits per heavy atom. The summed E-state index contributed by atoms with van der Waals surface area (Å²) in [5.41, 5.74) is -0.00165. The third-order valence-corrected chi connectivity index (χ3v) is 3.81. The van der Waals surface area contributed by atoms with Gasteiger partial charge in [0.25, 0.3) is 0 Å². The summed E-state index contributed by atoms with van der Waals surface area (Å²) in [6.07, 6.45) is -0.976. The van der Waals surface area contributed by atoms with Crippen LogP contribution in [0.4, 0.5) is 0 Å². The Hall–Kier alpha value is -2.54. The second-order valence-electron chi connectivity index (χ2n) is 4.97. The Labute approximate surface area is 145 Å². The monoisotopic (exact) mass is 392 g/mol. The highest BCUT2D eigenvalue weighted by atomic mass is 79.9. The van der Waals surface area contributed by atoms with Gasteiger partial charge in [0.1, 0.15) is 5.58 Å². The number of benzene rings is 1. The normalized spacial score (nSPS) is 12.1. The smallest absolute Gasteiger partial charge is 0.346 e. The molecule has 1 atom stereocenters. The Morgan fingerprint density at radius 1 is 1.17 bits per heavy atom. The molecule has 0 N–H and O–H groups in total. The zero-order valence-corrected chi connectivity index (χ0v) is 14.5. The van der Waals surface area contributed by atoms with Gasteiger partial charge >= 0.3 is 5.97 Å². The molecule has 0 saturated heterocycles. The molecule has 0 amide bonds. The predicted molar refractivity (Wildman–Crippen MR) is 90.0 cm³/mol. The van der Waals surface area contributed by atoms with E-state index < -0.39 is 17.5 Å². The van der Waals surface area contributed by atoms with E-state index in [2.05, 4.69) is 20.7 Å². The third-order valence-electron chi connectivity index (χ3n) is 3.38. The van der Waals surface area contributed by atoms with Gasteiger partial charge < -0.3 is 18.3 Å². The third kappa shape index (κ3) is 2.94. The van der Waals surface area contributed by atoms with Crippen LogP contribution in [0, 0.1) is 0 Å². The molecular weight excluding hydrogens is 380 g/mol. The fourth-order valence-corrected chi connectivity index (χ4v) is 2.53. The number of halogens is 1. The summed E-state index contributed by atoms with van der Waals surface area (Å²) in [4.78, 5) is 24.4. The Morgan fingerprint density at radius 2 is 1.92 bits per heavy atom. The summed E-state index contributed by atoms with van der Waals surface area (Å²) >= 11 is 3.21. The molecule has 7 heteroatoms. The van der Waals surface area contributed by atoms with Crippen molar-refractivity contribution in [1.29, 1.82) is 0 Å². The van der Waals surface area contributed by atoms with E-state index in [9.17, 15) is 9.59 Å². The van der Waals surface area contributed by atoms with Crippen molar-refractivity contribution in [3.63, 3.8) is 0 Å². The van der Waals surface area contributed by atoms with Crippen LogP contribution in [0.3, 0.4) is 0 Å². The van der Waals surface area contributed by atoms with Crippen LogP contribution in [0.5, 0.6) is 5.75 Å². The van der Waals surface area contributed by atoms with Gasteiger partial charge in [0.05, 0.1) is 12.5 Å². The molecule has 24 heavy (non-hydrogen) atoms. The minimum absolute atomic E-state index is 0.103. The molecule has 0 aliphatic heterocycles. The van der Waals surface area contributed by atoms with Gasteiger partial charge in [0.15, 0.2) is 16.5 Å². The lowest BCUT2D eigenvalue weighted by Crippen LogP contribution is -2.27. The van der Waals surface area contributed by atoms with Crippen molar-refractivity contribution >= 4 is 32.9 Å². The molecule has 3 aromatic rings. The molecule has 2 aromatic heterocycles. The van der Waals surface area contributed by atoms with E-state index in [4.69, 9.17) is 13.6 Å². The number of rotatable bonds is 4. The largest absolute Gasteiger partial charge is 0.471 e.